The van der Waals surface area contributed by atoms with Crippen molar-refractivity contribution >= 4 is 54.6 Å². The average molecular weight is 694 g/mol. The Hall–Kier alpha value is -7.24. The van der Waals surface area contributed by atoms with Crippen LogP contribution in [0.3, 0.4) is 0 Å². The lowest BCUT2D eigenvalue weighted by molar-refractivity contribution is 1.08. The number of H-pyrrole nitrogens is 1. The van der Waals surface area contributed by atoms with Gasteiger partial charge in [0.2, 0.25) is 0 Å². The molecule has 0 aliphatic carbocycles. The van der Waals surface area contributed by atoms with Gasteiger partial charge in [-0.05, 0) is 83.7 Å². The van der Waals surface area contributed by atoms with Crippen LogP contribution in [0.4, 0.5) is 0 Å². The van der Waals surface area contributed by atoms with Gasteiger partial charge in [-0.2, -0.15) is 0 Å². The van der Waals surface area contributed by atoms with Crippen molar-refractivity contribution in [2.75, 3.05) is 0 Å². The quantitative estimate of drug-likeness (QED) is 0.188. The smallest absolute Gasteiger partial charge is 0.147 e. The summed E-state index contributed by atoms with van der Waals surface area (Å²) in [6, 6.07) is 59.5. The van der Waals surface area contributed by atoms with Crippen LogP contribution in [0.1, 0.15) is 13.9 Å². The first-order valence-electron chi connectivity index (χ1n) is 19.2. The summed E-state index contributed by atoms with van der Waals surface area (Å²) < 4.78 is 22.7. The Morgan fingerprint density at radius 2 is 1.30 bits per heavy atom. The minimum Gasteiger partial charge on any atom is -0.354 e. The third-order valence-electron chi connectivity index (χ3n) is 10.5. The molecule has 5 nitrogen and oxygen atoms in total. The predicted octanol–water partition coefficient (Wildman–Crippen LogP) is 12.1. The number of rotatable bonds is 6. The number of imidazole rings is 1. The molecule has 11 rings (SSSR count). The van der Waals surface area contributed by atoms with E-state index in [0.29, 0.717) is 11.1 Å². The van der Waals surface area contributed by atoms with Gasteiger partial charge in [0.1, 0.15) is 11.6 Å². The number of pyridine rings is 1. The summed E-state index contributed by atoms with van der Waals surface area (Å²) in [5.74, 6) is 1.66. The van der Waals surface area contributed by atoms with E-state index in [4.69, 9.17) is 12.7 Å². The minimum absolute atomic E-state index is 0.606. The maximum Gasteiger partial charge on any atom is 0.147 e. The topological polar surface area (TPSA) is 51.4 Å². The van der Waals surface area contributed by atoms with Crippen LogP contribution in [0.15, 0.2) is 182 Å². The molecular formula is C49H33N5. The molecule has 0 saturated carbocycles. The van der Waals surface area contributed by atoms with Crippen molar-refractivity contribution in [2.24, 2.45) is 0 Å². The minimum atomic E-state index is -1.67. The molecule has 0 amide bonds. The van der Waals surface area contributed by atoms with Gasteiger partial charge in [-0.15, -0.1) is 0 Å². The first kappa shape index (κ1) is 28.4. The van der Waals surface area contributed by atoms with Crippen LogP contribution >= 0.6 is 0 Å². The fourth-order valence-electron chi connectivity index (χ4n) is 8.10. The maximum atomic E-state index is 9.14. The SMILES string of the molecule is [2H]C([2H])(c1ccccc1)c1ccc2c(c1)c1ccc(-c3cccc4c3nc(-c3cccc5c3[nH]c3ccccc35)n4-c3ccccc3)cc1n2-c1ccccn1. The van der Waals surface area contributed by atoms with Gasteiger partial charge in [-0.1, -0.05) is 115 Å². The van der Waals surface area contributed by atoms with Crippen LogP contribution < -0.4 is 0 Å². The maximum absolute atomic E-state index is 9.14. The predicted molar refractivity (Wildman–Crippen MR) is 223 cm³/mol. The molecule has 1 N–H and O–H groups in total. The normalized spacial score (nSPS) is 12.6. The second kappa shape index (κ2) is 12.2. The number of fused-ring (bicyclic) bond motifs is 7. The first-order valence-corrected chi connectivity index (χ1v) is 18.2. The van der Waals surface area contributed by atoms with Gasteiger partial charge in [0.15, 0.2) is 0 Å². The molecule has 0 fully saturated rings. The summed E-state index contributed by atoms with van der Waals surface area (Å²) in [5, 5.41) is 4.34. The zero-order chi connectivity index (χ0) is 37.4. The molecule has 0 bridgehead atoms. The molecule has 7 aromatic carbocycles. The van der Waals surface area contributed by atoms with Gasteiger partial charge in [-0.3, -0.25) is 9.13 Å². The zero-order valence-corrected chi connectivity index (χ0v) is 29.1. The van der Waals surface area contributed by atoms with Gasteiger partial charge < -0.3 is 4.98 Å². The summed E-state index contributed by atoms with van der Waals surface area (Å²) in [5.41, 5.74) is 11.3. The van der Waals surface area contributed by atoms with Crippen molar-refractivity contribution in [1.29, 1.82) is 0 Å². The van der Waals surface area contributed by atoms with Crippen molar-refractivity contribution < 1.29 is 2.74 Å². The number of nitrogens with one attached hydrogen (secondary N) is 1. The molecule has 0 saturated heterocycles. The van der Waals surface area contributed by atoms with Crippen LogP contribution in [0.2, 0.25) is 0 Å². The molecule has 4 heterocycles. The van der Waals surface area contributed by atoms with Crippen molar-refractivity contribution in [3.63, 3.8) is 0 Å². The number of benzene rings is 7. The van der Waals surface area contributed by atoms with Crippen molar-refractivity contribution in [3.8, 4) is 34.0 Å². The molecule has 0 atom stereocenters. The van der Waals surface area contributed by atoms with E-state index in [1.54, 1.807) is 0 Å². The fraction of sp³-hybridized carbons (Fsp3) is 0.0204. The average Bonchev–Trinajstić information content (AvgIpc) is 3.94. The van der Waals surface area contributed by atoms with Crippen molar-refractivity contribution in [2.45, 2.75) is 6.37 Å². The Balaban J connectivity index is 1.15. The molecule has 4 aromatic heterocycles. The second-order valence-corrected chi connectivity index (χ2v) is 13.7. The lowest BCUT2D eigenvalue weighted by Gasteiger charge is -2.11. The molecule has 0 unspecified atom stereocenters. The zero-order valence-electron chi connectivity index (χ0n) is 31.1. The van der Waals surface area contributed by atoms with E-state index in [2.05, 4.69) is 117 Å². The molecule has 54 heavy (non-hydrogen) atoms. The number of hydrogen-bond donors (Lipinski definition) is 1. The van der Waals surface area contributed by atoms with E-state index >= 15 is 0 Å². The number of nitrogens with zero attached hydrogens (tertiary/aromatic N) is 4. The highest BCUT2D eigenvalue weighted by atomic mass is 15.1. The van der Waals surface area contributed by atoms with Crippen LogP contribution in [0.5, 0.6) is 0 Å². The second-order valence-electron chi connectivity index (χ2n) is 13.7. The molecule has 254 valence electrons. The highest BCUT2D eigenvalue weighted by Gasteiger charge is 2.21. The lowest BCUT2D eigenvalue weighted by atomic mass is 10.0. The van der Waals surface area contributed by atoms with E-state index in [0.717, 1.165) is 83.3 Å². The summed E-state index contributed by atoms with van der Waals surface area (Å²) in [4.78, 5) is 14.0. The molecule has 0 aliphatic rings. The van der Waals surface area contributed by atoms with Crippen LogP contribution in [-0.4, -0.2) is 24.1 Å². The van der Waals surface area contributed by atoms with E-state index < -0.39 is 6.37 Å². The molecular weight excluding hydrogens is 659 g/mol. The number of hydrogen-bond acceptors (Lipinski definition) is 2. The summed E-state index contributed by atoms with van der Waals surface area (Å²) >= 11 is 0. The van der Waals surface area contributed by atoms with Crippen LogP contribution in [-0.2, 0) is 6.37 Å². The standard InChI is InChI=1S/C49H33N5/c1-3-13-32(14-4-1)29-33-24-27-43-41(30-33)38-26-25-34(31-45(38)54(43)46-23-9-10-28-50-46)36-18-12-22-44-48(36)52-49(53(44)35-15-5-2-6-16-35)40-20-11-19-39-37-17-7-8-21-42(37)51-47(39)40/h1-28,30-31,51H,29H2/i29D2. The lowest BCUT2D eigenvalue weighted by Crippen LogP contribution is -1.97. The largest absolute Gasteiger partial charge is 0.354 e. The van der Waals surface area contributed by atoms with Crippen molar-refractivity contribution in [1.82, 2.24) is 24.1 Å². The highest BCUT2D eigenvalue weighted by molar-refractivity contribution is 6.13. The van der Waals surface area contributed by atoms with E-state index in [1.165, 1.54) is 5.39 Å². The Labute approximate surface area is 314 Å². The Morgan fingerprint density at radius 1 is 0.519 bits per heavy atom. The van der Waals surface area contributed by atoms with Crippen LogP contribution in [0.25, 0.3) is 88.7 Å². The van der Waals surface area contributed by atoms with Gasteiger partial charge in [-0.25, -0.2) is 9.97 Å². The summed E-state index contributed by atoms with van der Waals surface area (Å²) in [6.07, 6.45) is 0.141. The van der Waals surface area contributed by atoms with Gasteiger partial charge in [0, 0.05) is 52.8 Å². The van der Waals surface area contributed by atoms with Gasteiger partial charge in [0.25, 0.3) is 0 Å². The van der Waals surface area contributed by atoms with Gasteiger partial charge >= 0.3 is 0 Å². The third kappa shape index (κ3) is 4.79. The van der Waals surface area contributed by atoms with Gasteiger partial charge in [0.05, 0.1) is 27.6 Å². The number of aromatic amines is 1. The Morgan fingerprint density at radius 3 is 2.17 bits per heavy atom. The molecule has 0 radical (unpaired) electrons. The number of aromatic nitrogens is 5. The third-order valence-corrected chi connectivity index (χ3v) is 10.5. The Bertz CT molecular complexity index is 3270. The molecule has 5 heteroatoms. The fourth-order valence-corrected chi connectivity index (χ4v) is 8.10. The van der Waals surface area contributed by atoms with Crippen molar-refractivity contribution in [3.05, 3.63) is 193 Å². The summed E-state index contributed by atoms with van der Waals surface area (Å²) in [7, 11) is 0. The molecule has 11 aromatic rings. The first-order chi connectivity index (χ1) is 27.5. The monoisotopic (exact) mass is 693 g/mol. The van der Waals surface area contributed by atoms with Crippen LogP contribution in [0, 0.1) is 0 Å². The Kier molecular flexibility index (Phi) is 6.40. The number of para-hydroxylation sites is 4. The highest BCUT2D eigenvalue weighted by Crippen LogP contribution is 2.40. The van der Waals surface area contributed by atoms with E-state index in [9.17, 15) is 0 Å². The molecule has 0 spiro atoms. The van der Waals surface area contributed by atoms with E-state index in [-0.39, 0.29) is 0 Å². The summed E-state index contributed by atoms with van der Waals surface area (Å²) in [6.45, 7) is 0. The molecule has 0 aliphatic heterocycles. The van der Waals surface area contributed by atoms with E-state index in [1.807, 2.05) is 79.0 Å².